The Hall–Kier alpha value is -3.26. The molecule has 0 spiro atoms. The number of nitrogens with one attached hydrogen (secondary N) is 1. The predicted molar refractivity (Wildman–Crippen MR) is 136 cm³/mol. The number of benzene rings is 1. The van der Waals surface area contributed by atoms with Crippen LogP contribution in [-0.2, 0) is 20.1 Å². The summed E-state index contributed by atoms with van der Waals surface area (Å²) in [4.78, 5) is 12.3. The topological polar surface area (TPSA) is 76.7 Å². The van der Waals surface area contributed by atoms with Gasteiger partial charge in [0.15, 0.2) is 11.5 Å². The molecule has 0 atom stereocenters. The molecule has 1 saturated carbocycles. The Morgan fingerprint density at radius 3 is 2.74 bits per heavy atom. The van der Waals surface area contributed by atoms with Crippen LogP contribution in [0.5, 0.6) is 0 Å². The van der Waals surface area contributed by atoms with E-state index in [1.807, 2.05) is 24.1 Å². The molecule has 1 N–H and O–H groups in total. The van der Waals surface area contributed by atoms with Gasteiger partial charge in [0.2, 0.25) is 0 Å². The lowest BCUT2D eigenvalue weighted by atomic mass is 10.1. The molecule has 0 amide bonds. The van der Waals surface area contributed by atoms with E-state index in [-0.39, 0.29) is 0 Å². The van der Waals surface area contributed by atoms with E-state index in [2.05, 4.69) is 70.3 Å². The third-order valence-electron chi connectivity index (χ3n) is 6.66. The molecule has 8 heteroatoms. The molecule has 178 valence electrons. The van der Waals surface area contributed by atoms with E-state index < -0.39 is 0 Å². The monoisotopic (exact) mass is 458 g/mol. The van der Waals surface area contributed by atoms with Crippen LogP contribution in [0.4, 0.5) is 5.82 Å². The van der Waals surface area contributed by atoms with E-state index in [0.717, 1.165) is 65.4 Å². The number of fused-ring (bicyclic) bond motifs is 1. The minimum atomic E-state index is 0.451. The highest BCUT2D eigenvalue weighted by Gasteiger charge is 2.27. The van der Waals surface area contributed by atoms with Crippen molar-refractivity contribution >= 4 is 16.9 Å². The summed E-state index contributed by atoms with van der Waals surface area (Å²) >= 11 is 0. The Labute approximate surface area is 201 Å². The summed E-state index contributed by atoms with van der Waals surface area (Å²) in [5, 5.41) is 13.5. The van der Waals surface area contributed by atoms with Gasteiger partial charge in [0.1, 0.15) is 5.82 Å². The second-order valence-corrected chi connectivity index (χ2v) is 9.48. The Morgan fingerprint density at radius 1 is 1.15 bits per heavy atom. The van der Waals surface area contributed by atoms with Gasteiger partial charge >= 0.3 is 0 Å². The van der Waals surface area contributed by atoms with Gasteiger partial charge in [-0.25, -0.2) is 14.6 Å². The van der Waals surface area contributed by atoms with Crippen molar-refractivity contribution in [2.24, 2.45) is 7.05 Å². The first-order valence-electron chi connectivity index (χ1n) is 12.3. The Bertz CT molecular complexity index is 1280. The summed E-state index contributed by atoms with van der Waals surface area (Å²) < 4.78 is 3.97. The van der Waals surface area contributed by atoms with Crippen molar-refractivity contribution in [1.29, 1.82) is 0 Å². The lowest BCUT2D eigenvalue weighted by molar-refractivity contribution is 0.321. The van der Waals surface area contributed by atoms with Crippen molar-refractivity contribution in [3.05, 3.63) is 53.5 Å². The van der Waals surface area contributed by atoms with Gasteiger partial charge in [-0.1, -0.05) is 31.5 Å². The zero-order valence-corrected chi connectivity index (χ0v) is 20.6. The molecule has 0 saturated heterocycles. The zero-order chi connectivity index (χ0) is 23.7. The molecule has 1 aliphatic carbocycles. The molecule has 1 aromatic carbocycles. The van der Waals surface area contributed by atoms with Crippen LogP contribution in [0.1, 0.15) is 55.5 Å². The Kier molecular flexibility index (Phi) is 6.32. The molecule has 3 heterocycles. The van der Waals surface area contributed by atoms with E-state index >= 15 is 0 Å². The summed E-state index contributed by atoms with van der Waals surface area (Å²) in [5.74, 6) is 1.55. The SMILES string of the molecule is CCCCN(C)Cc1cccc(-c2nc(NCc3cnn(C)c3C)c3cnn(C4CC4)c3n2)c1. The standard InChI is InChI=1S/C26H34N8/c1-5-6-12-32(3)17-19-8-7-9-20(13-19)24-30-25(27-14-21-15-28-33(4)18(21)2)23-16-29-34(22-10-11-22)26(23)31-24/h7-9,13,15-16,22H,5-6,10-12,14,17H2,1-4H3,(H,27,30,31). The van der Waals surface area contributed by atoms with Crippen molar-refractivity contribution in [2.75, 3.05) is 18.9 Å². The van der Waals surface area contributed by atoms with Gasteiger partial charge in [-0.3, -0.25) is 4.68 Å². The molecule has 4 aromatic rings. The van der Waals surface area contributed by atoms with Crippen LogP contribution in [0.25, 0.3) is 22.4 Å². The minimum absolute atomic E-state index is 0.451. The molecular formula is C26H34N8. The van der Waals surface area contributed by atoms with Gasteiger partial charge in [0, 0.05) is 37.0 Å². The van der Waals surface area contributed by atoms with Crippen LogP contribution in [0.15, 0.2) is 36.7 Å². The number of anilines is 1. The normalized spacial score (nSPS) is 13.8. The van der Waals surface area contributed by atoms with E-state index in [9.17, 15) is 0 Å². The smallest absolute Gasteiger partial charge is 0.164 e. The third-order valence-corrected chi connectivity index (χ3v) is 6.66. The van der Waals surface area contributed by atoms with Gasteiger partial charge in [-0.15, -0.1) is 0 Å². The fraction of sp³-hybridized carbons (Fsp3) is 0.462. The van der Waals surface area contributed by atoms with Crippen molar-refractivity contribution in [3.63, 3.8) is 0 Å². The highest BCUT2D eigenvalue weighted by atomic mass is 15.3. The largest absolute Gasteiger partial charge is 0.365 e. The number of hydrogen-bond donors (Lipinski definition) is 1. The molecular weight excluding hydrogens is 424 g/mol. The average Bonchev–Trinajstić information content (AvgIpc) is 3.52. The summed E-state index contributed by atoms with van der Waals surface area (Å²) in [7, 11) is 4.15. The maximum atomic E-state index is 4.99. The second kappa shape index (κ2) is 9.54. The van der Waals surface area contributed by atoms with E-state index in [1.54, 1.807) is 0 Å². The van der Waals surface area contributed by atoms with Crippen molar-refractivity contribution in [3.8, 4) is 11.4 Å². The molecule has 0 bridgehead atoms. The lowest BCUT2D eigenvalue weighted by Crippen LogP contribution is -2.18. The minimum Gasteiger partial charge on any atom is -0.365 e. The summed E-state index contributed by atoms with van der Waals surface area (Å²) in [6.07, 6.45) is 8.55. The second-order valence-electron chi connectivity index (χ2n) is 9.48. The Balaban J connectivity index is 1.48. The summed E-state index contributed by atoms with van der Waals surface area (Å²) in [6, 6.07) is 9.06. The predicted octanol–water partition coefficient (Wildman–Crippen LogP) is 4.71. The van der Waals surface area contributed by atoms with Crippen LogP contribution < -0.4 is 5.32 Å². The van der Waals surface area contributed by atoms with Gasteiger partial charge in [0.05, 0.1) is 23.8 Å². The first-order chi connectivity index (χ1) is 16.5. The van der Waals surface area contributed by atoms with Gasteiger partial charge in [0.25, 0.3) is 0 Å². The maximum absolute atomic E-state index is 4.99. The lowest BCUT2D eigenvalue weighted by Gasteiger charge is -2.16. The molecule has 0 unspecified atom stereocenters. The van der Waals surface area contributed by atoms with Crippen molar-refractivity contribution in [2.45, 2.75) is 58.7 Å². The van der Waals surface area contributed by atoms with E-state index in [0.29, 0.717) is 12.6 Å². The first kappa shape index (κ1) is 22.5. The number of unbranched alkanes of at least 4 members (excludes halogenated alkanes) is 1. The maximum Gasteiger partial charge on any atom is 0.164 e. The van der Waals surface area contributed by atoms with Gasteiger partial charge in [-0.05, 0) is 51.4 Å². The molecule has 0 radical (unpaired) electrons. The number of rotatable bonds is 10. The first-order valence-corrected chi connectivity index (χ1v) is 12.3. The average molecular weight is 459 g/mol. The molecule has 5 rings (SSSR count). The number of aryl methyl sites for hydroxylation is 1. The van der Waals surface area contributed by atoms with Crippen molar-refractivity contribution in [1.82, 2.24) is 34.4 Å². The number of hydrogen-bond acceptors (Lipinski definition) is 6. The molecule has 1 aliphatic rings. The molecule has 1 fully saturated rings. The van der Waals surface area contributed by atoms with Gasteiger partial charge in [-0.2, -0.15) is 10.2 Å². The van der Waals surface area contributed by atoms with Crippen molar-refractivity contribution < 1.29 is 0 Å². The quantitative estimate of drug-likeness (QED) is 0.371. The van der Waals surface area contributed by atoms with Crippen LogP contribution >= 0.6 is 0 Å². The van der Waals surface area contributed by atoms with E-state index in [4.69, 9.17) is 9.97 Å². The van der Waals surface area contributed by atoms with Crippen LogP contribution in [0.2, 0.25) is 0 Å². The number of nitrogens with zero attached hydrogens (tertiary/aromatic N) is 7. The zero-order valence-electron chi connectivity index (χ0n) is 20.6. The highest BCUT2D eigenvalue weighted by Crippen LogP contribution is 2.37. The fourth-order valence-electron chi connectivity index (χ4n) is 4.30. The molecule has 34 heavy (non-hydrogen) atoms. The van der Waals surface area contributed by atoms with Crippen LogP contribution in [-0.4, -0.2) is 48.0 Å². The third kappa shape index (κ3) is 4.68. The highest BCUT2D eigenvalue weighted by molar-refractivity contribution is 5.88. The molecule has 8 nitrogen and oxygen atoms in total. The van der Waals surface area contributed by atoms with Crippen LogP contribution in [0.3, 0.4) is 0 Å². The van der Waals surface area contributed by atoms with Crippen LogP contribution in [0, 0.1) is 6.92 Å². The van der Waals surface area contributed by atoms with E-state index in [1.165, 1.54) is 18.4 Å². The summed E-state index contributed by atoms with van der Waals surface area (Å²) in [5.41, 5.74) is 5.51. The Morgan fingerprint density at radius 2 is 2.00 bits per heavy atom. The molecule has 3 aromatic heterocycles. The fourth-order valence-corrected chi connectivity index (χ4v) is 4.30. The molecule has 0 aliphatic heterocycles. The van der Waals surface area contributed by atoms with Gasteiger partial charge < -0.3 is 10.2 Å². The number of aromatic nitrogens is 6. The summed E-state index contributed by atoms with van der Waals surface area (Å²) in [6.45, 7) is 6.99.